The van der Waals surface area contributed by atoms with Crippen LogP contribution in [0.3, 0.4) is 0 Å². The number of halogens is 1. The Hall–Kier alpha value is -2.53. The molecule has 2 amide bonds. The van der Waals surface area contributed by atoms with Crippen LogP contribution >= 0.6 is 11.6 Å². The summed E-state index contributed by atoms with van der Waals surface area (Å²) in [5.41, 5.74) is 1.40. The lowest BCUT2D eigenvalue weighted by molar-refractivity contribution is -0.136. The Morgan fingerprint density at radius 3 is 2.57 bits per heavy atom. The van der Waals surface area contributed by atoms with E-state index in [1.807, 2.05) is 24.3 Å². The molecular weight excluding hydrogens is 316 g/mol. The molecule has 23 heavy (non-hydrogen) atoms. The summed E-state index contributed by atoms with van der Waals surface area (Å²) in [6, 6.07) is 13.8. The summed E-state index contributed by atoms with van der Waals surface area (Å²) in [7, 11) is 0. The number of hydrogen-bond acceptors (Lipinski definition) is 3. The second kappa shape index (κ2) is 6.71. The van der Waals surface area contributed by atoms with Crippen molar-refractivity contribution in [2.75, 3.05) is 11.9 Å². The fraction of sp³-hybridized carbons (Fsp3) is 0.176. The van der Waals surface area contributed by atoms with Crippen LogP contribution in [0, 0.1) is 0 Å². The van der Waals surface area contributed by atoms with Crippen molar-refractivity contribution in [2.45, 2.75) is 12.5 Å². The van der Waals surface area contributed by atoms with Gasteiger partial charge in [-0.05, 0) is 30.3 Å². The molecular formula is C17H15ClN2O3. The van der Waals surface area contributed by atoms with Gasteiger partial charge in [0.25, 0.3) is 0 Å². The van der Waals surface area contributed by atoms with Crippen molar-refractivity contribution in [1.82, 2.24) is 5.32 Å². The fourth-order valence-corrected chi connectivity index (χ4v) is 2.56. The summed E-state index contributed by atoms with van der Waals surface area (Å²) in [4.78, 5) is 24.1. The van der Waals surface area contributed by atoms with Crippen molar-refractivity contribution in [2.24, 2.45) is 0 Å². The van der Waals surface area contributed by atoms with Crippen LogP contribution in [-0.2, 0) is 9.59 Å². The zero-order chi connectivity index (χ0) is 16.2. The number of nitrogens with one attached hydrogen (secondary N) is 2. The first kappa shape index (κ1) is 15.4. The molecule has 2 aromatic carbocycles. The smallest absolute Gasteiger partial charge is 0.313 e. The largest absolute Gasteiger partial charge is 0.493 e. The summed E-state index contributed by atoms with van der Waals surface area (Å²) in [6.45, 7) is 0.501. The molecule has 0 bridgehead atoms. The number of anilines is 1. The van der Waals surface area contributed by atoms with Gasteiger partial charge in [-0.25, -0.2) is 0 Å². The number of carbonyl (C=O) groups excluding carboxylic acids is 2. The predicted octanol–water partition coefficient (Wildman–Crippen LogP) is 2.92. The zero-order valence-electron chi connectivity index (χ0n) is 12.2. The molecule has 2 N–H and O–H groups in total. The number of ether oxygens (including phenoxy) is 1. The topological polar surface area (TPSA) is 67.4 Å². The Balaban J connectivity index is 1.65. The maximum absolute atomic E-state index is 12.1. The molecule has 0 radical (unpaired) electrons. The Bertz CT molecular complexity index is 731. The highest BCUT2D eigenvalue weighted by molar-refractivity contribution is 6.39. The minimum atomic E-state index is -0.712. The summed E-state index contributed by atoms with van der Waals surface area (Å²) in [6.07, 6.45) is 0.622. The molecule has 118 valence electrons. The number of amides is 2. The molecule has 0 unspecified atom stereocenters. The highest BCUT2D eigenvalue weighted by Crippen LogP contribution is 2.31. The number of benzene rings is 2. The highest BCUT2D eigenvalue weighted by atomic mass is 35.5. The molecule has 1 heterocycles. The van der Waals surface area contributed by atoms with E-state index in [1.54, 1.807) is 24.3 Å². The van der Waals surface area contributed by atoms with E-state index in [0.717, 1.165) is 11.3 Å². The monoisotopic (exact) mass is 330 g/mol. The van der Waals surface area contributed by atoms with E-state index >= 15 is 0 Å². The molecule has 1 aliphatic heterocycles. The first-order valence-electron chi connectivity index (χ1n) is 7.22. The zero-order valence-corrected chi connectivity index (χ0v) is 13.0. The molecule has 0 aromatic heterocycles. The van der Waals surface area contributed by atoms with E-state index in [2.05, 4.69) is 10.6 Å². The molecule has 0 saturated carbocycles. The number of fused-ring (bicyclic) bond motifs is 1. The van der Waals surface area contributed by atoms with E-state index in [9.17, 15) is 9.59 Å². The lowest BCUT2D eigenvalue weighted by Gasteiger charge is -2.26. The molecule has 0 aliphatic carbocycles. The maximum Gasteiger partial charge on any atom is 0.313 e. The Kier molecular flexibility index (Phi) is 4.48. The van der Waals surface area contributed by atoms with E-state index in [4.69, 9.17) is 16.3 Å². The van der Waals surface area contributed by atoms with Crippen LogP contribution in [-0.4, -0.2) is 18.4 Å². The first-order valence-corrected chi connectivity index (χ1v) is 7.60. The molecule has 0 fully saturated rings. The SMILES string of the molecule is O=C(Nc1ccc(Cl)cc1)C(=O)N[C@H]1CCOc2ccccc21. The van der Waals surface area contributed by atoms with Gasteiger partial charge in [-0.3, -0.25) is 9.59 Å². The number of carbonyl (C=O) groups is 2. The normalized spacial score (nSPS) is 16.0. The lowest BCUT2D eigenvalue weighted by atomic mass is 10.0. The van der Waals surface area contributed by atoms with Crippen molar-refractivity contribution in [3.8, 4) is 5.75 Å². The van der Waals surface area contributed by atoms with Crippen LogP contribution < -0.4 is 15.4 Å². The molecule has 2 aromatic rings. The van der Waals surface area contributed by atoms with Gasteiger partial charge in [-0.1, -0.05) is 29.8 Å². The van der Waals surface area contributed by atoms with Gasteiger partial charge in [0.15, 0.2) is 0 Å². The van der Waals surface area contributed by atoms with Crippen LogP contribution in [0.2, 0.25) is 5.02 Å². The quantitative estimate of drug-likeness (QED) is 0.832. The van der Waals surface area contributed by atoms with Crippen molar-refractivity contribution < 1.29 is 14.3 Å². The summed E-state index contributed by atoms with van der Waals surface area (Å²) < 4.78 is 5.54. The van der Waals surface area contributed by atoms with Gasteiger partial charge in [0.05, 0.1) is 12.6 Å². The van der Waals surface area contributed by atoms with Crippen molar-refractivity contribution >= 4 is 29.1 Å². The number of para-hydroxylation sites is 1. The molecule has 3 rings (SSSR count). The fourth-order valence-electron chi connectivity index (χ4n) is 2.44. The highest BCUT2D eigenvalue weighted by Gasteiger charge is 2.25. The van der Waals surface area contributed by atoms with E-state index in [0.29, 0.717) is 23.7 Å². The average molecular weight is 331 g/mol. The lowest BCUT2D eigenvalue weighted by Crippen LogP contribution is -2.39. The number of rotatable bonds is 2. The van der Waals surface area contributed by atoms with E-state index in [1.165, 1.54) is 0 Å². The molecule has 5 nitrogen and oxygen atoms in total. The van der Waals surface area contributed by atoms with Crippen molar-refractivity contribution in [3.63, 3.8) is 0 Å². The average Bonchev–Trinajstić information content (AvgIpc) is 2.57. The Labute approximate surface area is 138 Å². The third-order valence-electron chi connectivity index (χ3n) is 3.57. The third kappa shape index (κ3) is 3.63. The molecule has 1 aliphatic rings. The van der Waals surface area contributed by atoms with Crippen LogP contribution in [0.5, 0.6) is 5.75 Å². The van der Waals surface area contributed by atoms with Gasteiger partial charge in [-0.15, -0.1) is 0 Å². The van der Waals surface area contributed by atoms with Crippen LogP contribution in [0.15, 0.2) is 48.5 Å². The maximum atomic E-state index is 12.1. The molecule has 6 heteroatoms. The van der Waals surface area contributed by atoms with Crippen molar-refractivity contribution in [1.29, 1.82) is 0 Å². The minimum absolute atomic E-state index is 0.233. The van der Waals surface area contributed by atoms with Gasteiger partial charge in [0.2, 0.25) is 0 Å². The summed E-state index contributed by atoms with van der Waals surface area (Å²) in [5.74, 6) is -0.653. The molecule has 1 atom stereocenters. The van der Waals surface area contributed by atoms with E-state index in [-0.39, 0.29) is 6.04 Å². The van der Waals surface area contributed by atoms with Gasteiger partial charge in [-0.2, -0.15) is 0 Å². The first-order chi connectivity index (χ1) is 11.1. The minimum Gasteiger partial charge on any atom is -0.493 e. The van der Waals surface area contributed by atoms with Gasteiger partial charge in [0, 0.05) is 22.7 Å². The molecule has 0 spiro atoms. The van der Waals surface area contributed by atoms with Gasteiger partial charge < -0.3 is 15.4 Å². The predicted molar refractivity (Wildman–Crippen MR) is 87.5 cm³/mol. The van der Waals surface area contributed by atoms with Crippen LogP contribution in [0.1, 0.15) is 18.0 Å². The molecule has 0 saturated heterocycles. The van der Waals surface area contributed by atoms with Gasteiger partial charge >= 0.3 is 11.8 Å². The third-order valence-corrected chi connectivity index (χ3v) is 3.82. The van der Waals surface area contributed by atoms with Gasteiger partial charge in [0.1, 0.15) is 5.75 Å². The second-order valence-corrected chi connectivity index (χ2v) is 5.60. The van der Waals surface area contributed by atoms with E-state index < -0.39 is 11.8 Å². The Morgan fingerprint density at radius 1 is 1.04 bits per heavy atom. The second-order valence-electron chi connectivity index (χ2n) is 5.16. The summed E-state index contributed by atoms with van der Waals surface area (Å²) in [5, 5.41) is 5.85. The van der Waals surface area contributed by atoms with Crippen LogP contribution in [0.25, 0.3) is 0 Å². The van der Waals surface area contributed by atoms with Crippen LogP contribution in [0.4, 0.5) is 5.69 Å². The summed E-state index contributed by atoms with van der Waals surface area (Å²) >= 11 is 5.78. The van der Waals surface area contributed by atoms with Crippen molar-refractivity contribution in [3.05, 3.63) is 59.1 Å². The standard InChI is InChI=1S/C17H15ClN2O3/c18-11-5-7-12(8-6-11)19-16(21)17(22)20-14-9-10-23-15-4-2-1-3-13(14)15/h1-8,14H,9-10H2,(H,19,21)(H,20,22)/t14-/m0/s1. The Morgan fingerprint density at radius 2 is 1.78 bits per heavy atom. The number of hydrogen-bond donors (Lipinski definition) is 2.